The number of pyridine rings is 1. The van der Waals surface area contributed by atoms with Crippen LogP contribution in [0.2, 0.25) is 0 Å². The van der Waals surface area contributed by atoms with Crippen LogP contribution in [0.15, 0.2) is 79.0 Å². The molecule has 1 heterocycles. The molecule has 3 aromatic rings. The highest BCUT2D eigenvalue weighted by atomic mass is 16.2. The lowest BCUT2D eigenvalue weighted by Crippen LogP contribution is -2.31. The Hall–Kier alpha value is -3.14. The van der Waals surface area contributed by atoms with Crippen LogP contribution in [-0.4, -0.2) is 17.4 Å². The molecule has 0 bridgehead atoms. The van der Waals surface area contributed by atoms with Gasteiger partial charge in [0.05, 0.1) is 11.9 Å². The van der Waals surface area contributed by atoms with Crippen LogP contribution in [0.3, 0.4) is 0 Å². The van der Waals surface area contributed by atoms with Crippen molar-refractivity contribution < 1.29 is 4.79 Å². The lowest BCUT2D eigenvalue weighted by molar-refractivity contribution is 0.0983. The Balaban J connectivity index is 1.71. The van der Waals surface area contributed by atoms with Crippen LogP contribution < -0.4 is 10.2 Å². The van der Waals surface area contributed by atoms with Crippen molar-refractivity contribution >= 4 is 17.3 Å². The summed E-state index contributed by atoms with van der Waals surface area (Å²) in [6.45, 7) is 4.65. The monoisotopic (exact) mass is 345 g/mol. The number of aromatic nitrogens is 1. The number of carbonyl (C=O) groups excluding carboxylic acids is 1. The number of hydrogen-bond donors (Lipinski definition) is 1. The van der Waals surface area contributed by atoms with E-state index < -0.39 is 0 Å². The second-order valence-corrected chi connectivity index (χ2v) is 6.09. The predicted octanol–water partition coefficient (Wildman–Crippen LogP) is 4.92. The topological polar surface area (TPSA) is 45.2 Å². The number of nitrogens with zero attached hydrogens (tertiary/aromatic N) is 2. The number of benzene rings is 2. The zero-order chi connectivity index (χ0) is 18.4. The molecule has 132 valence electrons. The van der Waals surface area contributed by atoms with Crippen molar-refractivity contribution in [3.63, 3.8) is 0 Å². The van der Waals surface area contributed by atoms with Gasteiger partial charge >= 0.3 is 0 Å². The molecule has 0 aliphatic heterocycles. The SMILES string of the molecule is CCN(C(=O)c1ccc(NC(C)c2ccccc2)cn1)c1ccccc1. The van der Waals surface area contributed by atoms with Crippen LogP contribution in [-0.2, 0) is 0 Å². The molecular weight excluding hydrogens is 322 g/mol. The summed E-state index contributed by atoms with van der Waals surface area (Å²) in [7, 11) is 0. The lowest BCUT2D eigenvalue weighted by atomic mass is 10.1. The summed E-state index contributed by atoms with van der Waals surface area (Å²) in [6, 6.07) is 23.7. The van der Waals surface area contributed by atoms with Gasteiger partial charge in [0.2, 0.25) is 0 Å². The number of para-hydroxylation sites is 1. The fraction of sp³-hybridized carbons (Fsp3) is 0.182. The molecule has 2 aromatic carbocycles. The van der Waals surface area contributed by atoms with Crippen LogP contribution in [0.1, 0.15) is 35.9 Å². The van der Waals surface area contributed by atoms with E-state index >= 15 is 0 Å². The highest BCUT2D eigenvalue weighted by molar-refractivity contribution is 6.04. The zero-order valence-electron chi connectivity index (χ0n) is 15.1. The van der Waals surface area contributed by atoms with Crippen molar-refractivity contribution in [1.29, 1.82) is 0 Å². The second kappa shape index (κ2) is 8.30. The largest absolute Gasteiger partial charge is 0.377 e. The summed E-state index contributed by atoms with van der Waals surface area (Å²) in [4.78, 5) is 18.9. The summed E-state index contributed by atoms with van der Waals surface area (Å²) in [6.07, 6.45) is 1.71. The van der Waals surface area contributed by atoms with Crippen LogP contribution in [0.25, 0.3) is 0 Å². The molecule has 0 fully saturated rings. The van der Waals surface area contributed by atoms with E-state index in [9.17, 15) is 4.79 Å². The van der Waals surface area contributed by atoms with Crippen LogP contribution in [0, 0.1) is 0 Å². The standard InChI is InChI=1S/C22H23N3O/c1-3-25(20-12-8-5-9-13-20)22(26)21-15-14-19(16-23-21)24-17(2)18-10-6-4-7-11-18/h4-17,24H,3H2,1-2H3. The molecule has 4 heteroatoms. The first-order valence-electron chi connectivity index (χ1n) is 8.83. The van der Waals surface area contributed by atoms with Crippen molar-refractivity contribution in [3.8, 4) is 0 Å². The van der Waals surface area contributed by atoms with E-state index in [1.54, 1.807) is 17.2 Å². The molecule has 0 saturated heterocycles. The number of hydrogen-bond acceptors (Lipinski definition) is 3. The average molecular weight is 345 g/mol. The van der Waals surface area contributed by atoms with Gasteiger partial charge in [-0.05, 0) is 43.7 Å². The van der Waals surface area contributed by atoms with Gasteiger partial charge in [-0.3, -0.25) is 4.79 Å². The van der Waals surface area contributed by atoms with Gasteiger partial charge < -0.3 is 10.2 Å². The van der Waals surface area contributed by atoms with Gasteiger partial charge in [-0.1, -0.05) is 48.5 Å². The van der Waals surface area contributed by atoms with Gasteiger partial charge in [0.25, 0.3) is 5.91 Å². The van der Waals surface area contributed by atoms with E-state index in [1.165, 1.54) is 5.56 Å². The Morgan fingerprint density at radius 3 is 2.23 bits per heavy atom. The molecule has 0 aliphatic rings. The predicted molar refractivity (Wildman–Crippen MR) is 107 cm³/mol. The highest BCUT2D eigenvalue weighted by Crippen LogP contribution is 2.20. The van der Waals surface area contributed by atoms with E-state index in [-0.39, 0.29) is 11.9 Å². The van der Waals surface area contributed by atoms with E-state index in [2.05, 4.69) is 29.4 Å². The molecule has 0 spiro atoms. The third kappa shape index (κ3) is 4.09. The summed E-state index contributed by atoms with van der Waals surface area (Å²) in [5, 5.41) is 3.41. The number of nitrogens with one attached hydrogen (secondary N) is 1. The minimum absolute atomic E-state index is 0.0960. The first kappa shape index (κ1) is 17.7. The Labute approximate surface area is 154 Å². The molecule has 1 atom stereocenters. The van der Waals surface area contributed by atoms with Crippen molar-refractivity contribution in [1.82, 2.24) is 4.98 Å². The Kier molecular flexibility index (Phi) is 5.64. The highest BCUT2D eigenvalue weighted by Gasteiger charge is 2.17. The fourth-order valence-corrected chi connectivity index (χ4v) is 2.87. The lowest BCUT2D eigenvalue weighted by Gasteiger charge is -2.21. The minimum Gasteiger partial charge on any atom is -0.377 e. The van der Waals surface area contributed by atoms with Gasteiger partial charge in [-0.15, -0.1) is 0 Å². The van der Waals surface area contributed by atoms with Crippen molar-refractivity contribution in [3.05, 3.63) is 90.3 Å². The Morgan fingerprint density at radius 1 is 1.00 bits per heavy atom. The molecule has 0 radical (unpaired) electrons. The van der Waals surface area contributed by atoms with Gasteiger partial charge in [-0.2, -0.15) is 0 Å². The van der Waals surface area contributed by atoms with Gasteiger partial charge in [0.15, 0.2) is 0 Å². The summed E-state index contributed by atoms with van der Waals surface area (Å²) >= 11 is 0. The molecule has 1 aromatic heterocycles. The van der Waals surface area contributed by atoms with Gasteiger partial charge in [0.1, 0.15) is 5.69 Å². The van der Waals surface area contributed by atoms with Crippen molar-refractivity contribution in [2.45, 2.75) is 19.9 Å². The second-order valence-electron chi connectivity index (χ2n) is 6.09. The normalized spacial score (nSPS) is 11.6. The van der Waals surface area contributed by atoms with Gasteiger partial charge in [0, 0.05) is 18.3 Å². The maximum atomic E-state index is 12.8. The van der Waals surface area contributed by atoms with Crippen LogP contribution >= 0.6 is 0 Å². The molecule has 0 saturated carbocycles. The average Bonchev–Trinajstić information content (AvgIpc) is 2.70. The maximum Gasteiger partial charge on any atom is 0.276 e. The molecule has 0 aliphatic carbocycles. The van der Waals surface area contributed by atoms with E-state index in [0.717, 1.165) is 11.4 Å². The smallest absolute Gasteiger partial charge is 0.276 e. The van der Waals surface area contributed by atoms with Crippen LogP contribution in [0.5, 0.6) is 0 Å². The first-order valence-corrected chi connectivity index (χ1v) is 8.83. The van der Waals surface area contributed by atoms with E-state index in [0.29, 0.717) is 12.2 Å². The molecule has 3 rings (SSSR count). The molecule has 26 heavy (non-hydrogen) atoms. The van der Waals surface area contributed by atoms with E-state index in [4.69, 9.17) is 0 Å². The molecular formula is C22H23N3O. The Bertz CT molecular complexity index is 832. The van der Waals surface area contributed by atoms with Crippen molar-refractivity contribution in [2.75, 3.05) is 16.8 Å². The molecule has 1 N–H and O–H groups in total. The zero-order valence-corrected chi connectivity index (χ0v) is 15.1. The minimum atomic E-state index is -0.0960. The van der Waals surface area contributed by atoms with Crippen molar-refractivity contribution in [2.24, 2.45) is 0 Å². The molecule has 1 amide bonds. The molecule has 4 nitrogen and oxygen atoms in total. The molecule has 1 unspecified atom stereocenters. The fourth-order valence-electron chi connectivity index (χ4n) is 2.87. The number of anilines is 2. The number of carbonyl (C=O) groups is 1. The van der Waals surface area contributed by atoms with Gasteiger partial charge in [-0.25, -0.2) is 4.98 Å². The quantitative estimate of drug-likeness (QED) is 0.689. The number of rotatable bonds is 6. The summed E-state index contributed by atoms with van der Waals surface area (Å²) in [5.74, 6) is -0.0960. The first-order chi connectivity index (χ1) is 12.7. The third-order valence-corrected chi connectivity index (χ3v) is 4.29. The Morgan fingerprint density at radius 2 is 1.65 bits per heavy atom. The summed E-state index contributed by atoms with van der Waals surface area (Å²) < 4.78 is 0. The van der Waals surface area contributed by atoms with Crippen LogP contribution in [0.4, 0.5) is 11.4 Å². The van der Waals surface area contributed by atoms with E-state index in [1.807, 2.05) is 61.5 Å². The third-order valence-electron chi connectivity index (χ3n) is 4.29. The summed E-state index contributed by atoms with van der Waals surface area (Å²) in [5.41, 5.74) is 3.41. The maximum absolute atomic E-state index is 12.8. The number of amides is 1.